The molecule has 1 aliphatic carbocycles. The Labute approximate surface area is 111 Å². The molecule has 1 amide bonds. The molecular weight excluding hydrogens is 246 g/mol. The fourth-order valence-corrected chi connectivity index (χ4v) is 3.68. The van der Waals surface area contributed by atoms with Gasteiger partial charge in [-0.15, -0.1) is 11.8 Å². The summed E-state index contributed by atoms with van der Waals surface area (Å²) >= 11 is 1.63. The van der Waals surface area contributed by atoms with Gasteiger partial charge in [0.15, 0.2) is 0 Å². The van der Waals surface area contributed by atoms with E-state index in [0.29, 0.717) is 6.54 Å². The van der Waals surface area contributed by atoms with E-state index in [4.69, 9.17) is 0 Å². The van der Waals surface area contributed by atoms with Gasteiger partial charge in [-0.1, -0.05) is 18.2 Å². The van der Waals surface area contributed by atoms with E-state index in [1.165, 1.54) is 10.5 Å². The van der Waals surface area contributed by atoms with Gasteiger partial charge in [0.1, 0.15) is 0 Å². The van der Waals surface area contributed by atoms with Gasteiger partial charge in [0.2, 0.25) is 5.91 Å². The Morgan fingerprint density at radius 1 is 1.44 bits per heavy atom. The zero-order valence-corrected chi connectivity index (χ0v) is 11.0. The van der Waals surface area contributed by atoms with Gasteiger partial charge in [-0.3, -0.25) is 4.79 Å². The van der Waals surface area contributed by atoms with Crippen molar-refractivity contribution in [3.63, 3.8) is 0 Å². The number of benzene rings is 1. The van der Waals surface area contributed by atoms with Crippen molar-refractivity contribution in [2.45, 2.75) is 41.4 Å². The monoisotopic (exact) mass is 263 g/mol. The Morgan fingerprint density at radius 2 is 2.22 bits per heavy atom. The molecule has 1 unspecified atom stereocenters. The molecule has 1 aliphatic heterocycles. The summed E-state index contributed by atoms with van der Waals surface area (Å²) < 4.78 is 0. The van der Waals surface area contributed by atoms with Crippen LogP contribution in [0.1, 0.15) is 24.8 Å². The van der Waals surface area contributed by atoms with Crippen LogP contribution in [0.15, 0.2) is 29.2 Å². The van der Waals surface area contributed by atoms with E-state index in [1.807, 2.05) is 12.1 Å². The number of nitrogens with one attached hydrogen (secondary N) is 1. The SMILES string of the molecule is O=C(NCC1(O)CCC1)C1Cc2ccccc2S1. The number of carbonyl (C=O) groups is 1. The maximum absolute atomic E-state index is 12.1. The van der Waals surface area contributed by atoms with Crippen molar-refractivity contribution < 1.29 is 9.90 Å². The summed E-state index contributed by atoms with van der Waals surface area (Å²) in [6.45, 7) is 0.402. The molecule has 96 valence electrons. The van der Waals surface area contributed by atoms with Crippen molar-refractivity contribution in [3.8, 4) is 0 Å². The first-order valence-electron chi connectivity index (χ1n) is 6.41. The van der Waals surface area contributed by atoms with Crippen molar-refractivity contribution in [2.24, 2.45) is 0 Å². The highest BCUT2D eigenvalue weighted by Crippen LogP contribution is 2.37. The molecule has 1 aromatic rings. The molecule has 4 heteroatoms. The molecule has 18 heavy (non-hydrogen) atoms. The summed E-state index contributed by atoms with van der Waals surface area (Å²) in [6, 6.07) is 8.15. The Kier molecular flexibility index (Phi) is 3.08. The number of fused-ring (bicyclic) bond motifs is 1. The van der Waals surface area contributed by atoms with Gasteiger partial charge in [0.05, 0.1) is 10.9 Å². The van der Waals surface area contributed by atoms with E-state index in [1.54, 1.807) is 11.8 Å². The minimum absolute atomic E-state index is 0.0360. The third kappa shape index (κ3) is 2.27. The van der Waals surface area contributed by atoms with Crippen LogP contribution in [0.2, 0.25) is 0 Å². The van der Waals surface area contributed by atoms with Crippen LogP contribution < -0.4 is 5.32 Å². The predicted molar refractivity (Wildman–Crippen MR) is 71.6 cm³/mol. The third-order valence-corrected chi connectivity index (χ3v) is 5.13. The van der Waals surface area contributed by atoms with E-state index in [2.05, 4.69) is 17.4 Å². The molecule has 0 saturated heterocycles. The van der Waals surface area contributed by atoms with Gasteiger partial charge in [0, 0.05) is 11.4 Å². The second-order valence-corrected chi connectivity index (χ2v) is 6.46. The highest BCUT2D eigenvalue weighted by atomic mass is 32.2. The van der Waals surface area contributed by atoms with Crippen molar-refractivity contribution >= 4 is 17.7 Å². The number of rotatable bonds is 3. The van der Waals surface area contributed by atoms with Crippen LogP contribution in [-0.4, -0.2) is 28.4 Å². The Hall–Kier alpha value is -1.00. The van der Waals surface area contributed by atoms with E-state index < -0.39 is 5.60 Å². The highest BCUT2D eigenvalue weighted by molar-refractivity contribution is 8.01. The average molecular weight is 263 g/mol. The molecule has 3 rings (SSSR count). The van der Waals surface area contributed by atoms with Crippen LogP contribution in [-0.2, 0) is 11.2 Å². The number of amides is 1. The standard InChI is InChI=1S/C14H17NO2S/c16-13(15-9-14(17)6-3-7-14)12-8-10-4-1-2-5-11(10)18-12/h1-2,4-5,12,17H,3,6-9H2,(H,15,16). The second kappa shape index (κ2) is 4.59. The lowest BCUT2D eigenvalue weighted by molar-refractivity contribution is -0.122. The molecule has 2 N–H and O–H groups in total. The number of thioether (sulfide) groups is 1. The first-order valence-corrected chi connectivity index (χ1v) is 7.29. The fraction of sp³-hybridized carbons (Fsp3) is 0.500. The number of aliphatic hydroxyl groups is 1. The lowest BCUT2D eigenvalue weighted by Gasteiger charge is -2.36. The number of hydrogen-bond acceptors (Lipinski definition) is 3. The summed E-state index contributed by atoms with van der Waals surface area (Å²) in [5, 5.41) is 12.8. The molecular formula is C14H17NO2S. The van der Waals surface area contributed by atoms with Crippen molar-refractivity contribution in [1.82, 2.24) is 5.32 Å². The molecule has 0 spiro atoms. The highest BCUT2D eigenvalue weighted by Gasteiger charge is 2.36. The quantitative estimate of drug-likeness (QED) is 0.873. The van der Waals surface area contributed by atoms with Crippen molar-refractivity contribution in [1.29, 1.82) is 0 Å². The summed E-state index contributed by atoms with van der Waals surface area (Å²) in [6.07, 6.45) is 3.48. The molecule has 0 aromatic heterocycles. The van der Waals surface area contributed by atoms with E-state index in [-0.39, 0.29) is 11.2 Å². The Balaban J connectivity index is 1.56. The van der Waals surface area contributed by atoms with Crippen molar-refractivity contribution in [3.05, 3.63) is 29.8 Å². The van der Waals surface area contributed by atoms with Gasteiger partial charge < -0.3 is 10.4 Å². The molecule has 3 nitrogen and oxygen atoms in total. The summed E-state index contributed by atoms with van der Waals surface area (Å²) in [5.74, 6) is 0.0523. The van der Waals surface area contributed by atoms with Crippen LogP contribution in [0.25, 0.3) is 0 Å². The summed E-state index contributed by atoms with van der Waals surface area (Å²) in [5.41, 5.74) is 0.621. The molecule has 1 saturated carbocycles. The van der Waals surface area contributed by atoms with Gasteiger partial charge in [0.25, 0.3) is 0 Å². The van der Waals surface area contributed by atoms with Gasteiger partial charge in [-0.2, -0.15) is 0 Å². The molecule has 1 atom stereocenters. The molecule has 0 radical (unpaired) electrons. The zero-order chi connectivity index (χ0) is 12.6. The van der Waals surface area contributed by atoms with Crippen LogP contribution in [0.4, 0.5) is 0 Å². The normalized spacial score (nSPS) is 24.2. The van der Waals surface area contributed by atoms with Crippen LogP contribution >= 0.6 is 11.8 Å². The third-order valence-electron chi connectivity index (χ3n) is 3.82. The molecule has 1 fully saturated rings. The lowest BCUT2D eigenvalue weighted by Crippen LogP contribution is -2.49. The minimum Gasteiger partial charge on any atom is -0.388 e. The van der Waals surface area contributed by atoms with E-state index in [9.17, 15) is 9.90 Å². The van der Waals surface area contributed by atoms with E-state index >= 15 is 0 Å². The number of hydrogen-bond donors (Lipinski definition) is 2. The smallest absolute Gasteiger partial charge is 0.233 e. The van der Waals surface area contributed by atoms with Gasteiger partial charge >= 0.3 is 0 Å². The van der Waals surface area contributed by atoms with Crippen LogP contribution in [0, 0.1) is 0 Å². The maximum atomic E-state index is 12.1. The Morgan fingerprint density at radius 3 is 2.89 bits per heavy atom. The van der Waals surface area contributed by atoms with Crippen LogP contribution in [0.3, 0.4) is 0 Å². The lowest BCUT2D eigenvalue weighted by atomic mass is 9.80. The molecule has 1 heterocycles. The first-order chi connectivity index (χ1) is 8.66. The maximum Gasteiger partial charge on any atom is 0.233 e. The van der Waals surface area contributed by atoms with Crippen molar-refractivity contribution in [2.75, 3.05) is 6.54 Å². The Bertz CT molecular complexity index is 446. The summed E-state index contributed by atoms with van der Waals surface area (Å²) in [4.78, 5) is 13.3. The molecule has 0 bridgehead atoms. The minimum atomic E-state index is -0.633. The second-order valence-electron chi connectivity index (χ2n) is 5.21. The molecule has 2 aliphatic rings. The largest absolute Gasteiger partial charge is 0.388 e. The zero-order valence-electron chi connectivity index (χ0n) is 10.2. The first kappa shape index (κ1) is 12.1. The topological polar surface area (TPSA) is 49.3 Å². The van der Waals surface area contributed by atoms with Gasteiger partial charge in [-0.25, -0.2) is 0 Å². The molecule has 1 aromatic carbocycles. The van der Waals surface area contributed by atoms with Crippen LogP contribution in [0.5, 0.6) is 0 Å². The fourth-order valence-electron chi connectivity index (χ4n) is 2.46. The van der Waals surface area contributed by atoms with Gasteiger partial charge in [-0.05, 0) is 37.3 Å². The average Bonchev–Trinajstić information content (AvgIpc) is 2.77. The summed E-state index contributed by atoms with van der Waals surface area (Å²) in [7, 11) is 0. The predicted octanol–water partition coefficient (Wildman–Crippen LogP) is 1.73. The number of carbonyl (C=O) groups excluding carboxylic acids is 1. The van der Waals surface area contributed by atoms with E-state index in [0.717, 1.165) is 25.7 Å².